The number of nitriles is 1. The fourth-order valence-corrected chi connectivity index (χ4v) is 1.64. The highest BCUT2D eigenvalue weighted by atomic mass is 16.6. The SMILES string of the molecule is N#Cc1cc(Oc2ccc(NC(N)=O)c([N+](=O)[O-])c2)ccn1. The first kappa shape index (κ1) is 14.7. The summed E-state index contributed by atoms with van der Waals surface area (Å²) >= 11 is 0. The summed E-state index contributed by atoms with van der Waals surface area (Å²) in [6, 6.07) is 7.69. The largest absolute Gasteiger partial charge is 0.457 e. The third-order valence-electron chi connectivity index (χ3n) is 2.51. The van der Waals surface area contributed by atoms with E-state index in [1.807, 2.05) is 6.07 Å². The molecule has 110 valence electrons. The fourth-order valence-electron chi connectivity index (χ4n) is 1.64. The van der Waals surface area contributed by atoms with Crippen LogP contribution in [0.4, 0.5) is 16.2 Å². The summed E-state index contributed by atoms with van der Waals surface area (Å²) in [4.78, 5) is 24.9. The number of carbonyl (C=O) groups is 1. The number of primary amides is 1. The summed E-state index contributed by atoms with van der Waals surface area (Å²) in [6.45, 7) is 0. The molecule has 0 aliphatic rings. The van der Waals surface area contributed by atoms with Gasteiger partial charge in [-0.05, 0) is 18.2 Å². The molecule has 2 amide bonds. The maximum atomic E-state index is 11.0. The maximum Gasteiger partial charge on any atom is 0.316 e. The summed E-state index contributed by atoms with van der Waals surface area (Å²) in [7, 11) is 0. The number of rotatable bonds is 4. The highest BCUT2D eigenvalue weighted by Crippen LogP contribution is 2.31. The van der Waals surface area contributed by atoms with Crippen LogP contribution in [0.15, 0.2) is 36.5 Å². The van der Waals surface area contributed by atoms with Gasteiger partial charge in [-0.1, -0.05) is 0 Å². The number of nitrogens with zero attached hydrogens (tertiary/aromatic N) is 3. The van der Waals surface area contributed by atoms with Crippen molar-refractivity contribution >= 4 is 17.4 Å². The van der Waals surface area contributed by atoms with Crippen LogP contribution in [0, 0.1) is 21.4 Å². The standard InChI is InChI=1S/C13H9N5O4/c14-7-8-5-10(3-4-16-8)22-9-1-2-11(17-13(15)19)12(6-9)18(20)21/h1-6H,(H3,15,17,19). The van der Waals surface area contributed by atoms with Crippen LogP contribution in [0.5, 0.6) is 11.5 Å². The van der Waals surface area contributed by atoms with Crippen LogP contribution in [0.3, 0.4) is 0 Å². The number of pyridine rings is 1. The van der Waals surface area contributed by atoms with Crippen LogP contribution in [0.1, 0.15) is 5.69 Å². The van der Waals surface area contributed by atoms with E-state index in [1.165, 1.54) is 30.5 Å². The second-order valence-electron chi connectivity index (χ2n) is 4.02. The number of hydrogen-bond donors (Lipinski definition) is 2. The van der Waals surface area contributed by atoms with Crippen LogP contribution < -0.4 is 15.8 Å². The van der Waals surface area contributed by atoms with Gasteiger partial charge < -0.3 is 15.8 Å². The van der Waals surface area contributed by atoms with E-state index in [0.717, 1.165) is 6.07 Å². The van der Waals surface area contributed by atoms with Gasteiger partial charge in [0.25, 0.3) is 5.69 Å². The lowest BCUT2D eigenvalue weighted by Gasteiger charge is -2.08. The van der Waals surface area contributed by atoms with E-state index >= 15 is 0 Å². The van der Waals surface area contributed by atoms with E-state index in [1.54, 1.807) is 0 Å². The molecule has 0 unspecified atom stereocenters. The minimum absolute atomic E-state index is 0.0442. The number of aromatic nitrogens is 1. The van der Waals surface area contributed by atoms with Crippen molar-refractivity contribution in [2.75, 3.05) is 5.32 Å². The predicted octanol–water partition coefficient (Wildman–Crippen LogP) is 2.14. The molecule has 0 aliphatic heterocycles. The van der Waals surface area contributed by atoms with Crippen molar-refractivity contribution in [2.45, 2.75) is 0 Å². The zero-order valence-corrected chi connectivity index (χ0v) is 11.0. The van der Waals surface area contributed by atoms with E-state index < -0.39 is 11.0 Å². The van der Waals surface area contributed by atoms with Gasteiger partial charge in [-0.3, -0.25) is 10.1 Å². The van der Waals surface area contributed by atoms with E-state index in [2.05, 4.69) is 10.3 Å². The summed E-state index contributed by atoms with van der Waals surface area (Å²) in [5, 5.41) is 21.9. The van der Waals surface area contributed by atoms with Crippen molar-refractivity contribution in [3.8, 4) is 17.6 Å². The molecule has 0 fully saturated rings. The number of urea groups is 1. The maximum absolute atomic E-state index is 11.0. The number of ether oxygens (including phenoxy) is 1. The van der Waals surface area contributed by atoms with E-state index in [9.17, 15) is 14.9 Å². The zero-order chi connectivity index (χ0) is 16.1. The van der Waals surface area contributed by atoms with Crippen molar-refractivity contribution < 1.29 is 14.5 Å². The van der Waals surface area contributed by atoms with Crippen molar-refractivity contribution in [2.24, 2.45) is 5.73 Å². The monoisotopic (exact) mass is 299 g/mol. The molecule has 0 saturated heterocycles. The molecule has 0 aliphatic carbocycles. The van der Waals surface area contributed by atoms with Gasteiger partial charge in [0.15, 0.2) is 0 Å². The van der Waals surface area contributed by atoms with Gasteiger partial charge >= 0.3 is 6.03 Å². The summed E-state index contributed by atoms with van der Waals surface area (Å²) in [6.07, 6.45) is 1.38. The Morgan fingerprint density at radius 2 is 2.09 bits per heavy atom. The molecule has 9 nitrogen and oxygen atoms in total. The third kappa shape index (κ3) is 3.45. The number of carbonyl (C=O) groups excluding carboxylic acids is 1. The van der Waals surface area contributed by atoms with Crippen molar-refractivity contribution in [1.29, 1.82) is 5.26 Å². The van der Waals surface area contributed by atoms with Crippen LogP contribution in [-0.2, 0) is 0 Å². The number of nitrogens with two attached hydrogens (primary N) is 1. The summed E-state index contributed by atoms with van der Waals surface area (Å²) in [5.41, 5.74) is 4.68. The molecule has 1 aromatic heterocycles. The molecule has 9 heteroatoms. The number of nitro benzene ring substituents is 1. The van der Waals surface area contributed by atoms with Gasteiger partial charge in [0.2, 0.25) is 0 Å². The van der Waals surface area contributed by atoms with Crippen LogP contribution in [0.25, 0.3) is 0 Å². The molecule has 2 aromatic rings. The first-order valence-corrected chi connectivity index (χ1v) is 5.88. The fraction of sp³-hybridized carbons (Fsp3) is 0. The molecule has 3 N–H and O–H groups in total. The molecule has 1 heterocycles. The minimum Gasteiger partial charge on any atom is -0.457 e. The molecule has 0 atom stereocenters. The molecule has 0 bridgehead atoms. The van der Waals surface area contributed by atoms with Gasteiger partial charge in [0, 0.05) is 12.3 Å². The topological polar surface area (TPSA) is 144 Å². The molecule has 0 radical (unpaired) electrons. The van der Waals surface area contributed by atoms with Crippen LogP contribution >= 0.6 is 0 Å². The zero-order valence-electron chi connectivity index (χ0n) is 11.0. The van der Waals surface area contributed by atoms with Gasteiger partial charge in [-0.2, -0.15) is 5.26 Å². The molecular weight excluding hydrogens is 290 g/mol. The highest BCUT2D eigenvalue weighted by molar-refractivity contribution is 5.90. The quantitative estimate of drug-likeness (QED) is 0.653. The number of hydrogen-bond acceptors (Lipinski definition) is 6. The Morgan fingerprint density at radius 3 is 2.73 bits per heavy atom. The Balaban J connectivity index is 2.32. The predicted molar refractivity (Wildman–Crippen MR) is 75.3 cm³/mol. The lowest BCUT2D eigenvalue weighted by Crippen LogP contribution is -2.19. The number of nitrogens with one attached hydrogen (secondary N) is 1. The van der Waals surface area contributed by atoms with Crippen LogP contribution in [0.2, 0.25) is 0 Å². The lowest BCUT2D eigenvalue weighted by molar-refractivity contribution is -0.384. The average molecular weight is 299 g/mol. The van der Waals surface area contributed by atoms with Crippen molar-refractivity contribution in [3.63, 3.8) is 0 Å². The number of anilines is 1. The Hall–Kier alpha value is -3.67. The number of nitro groups is 1. The van der Waals surface area contributed by atoms with Gasteiger partial charge in [-0.25, -0.2) is 9.78 Å². The Bertz CT molecular complexity index is 784. The van der Waals surface area contributed by atoms with E-state index in [4.69, 9.17) is 15.7 Å². The number of amides is 2. The minimum atomic E-state index is -0.912. The number of benzene rings is 1. The summed E-state index contributed by atoms with van der Waals surface area (Å²) < 4.78 is 5.43. The lowest BCUT2D eigenvalue weighted by atomic mass is 10.2. The molecule has 0 saturated carbocycles. The van der Waals surface area contributed by atoms with Crippen molar-refractivity contribution in [1.82, 2.24) is 4.98 Å². The molecule has 0 spiro atoms. The normalized spacial score (nSPS) is 9.59. The van der Waals surface area contributed by atoms with Crippen LogP contribution in [-0.4, -0.2) is 15.9 Å². The molecule has 22 heavy (non-hydrogen) atoms. The second-order valence-corrected chi connectivity index (χ2v) is 4.02. The Morgan fingerprint density at radius 1 is 1.36 bits per heavy atom. The van der Waals surface area contributed by atoms with Crippen molar-refractivity contribution in [3.05, 3.63) is 52.3 Å². The smallest absolute Gasteiger partial charge is 0.316 e. The van der Waals surface area contributed by atoms with Gasteiger partial charge in [0.05, 0.1) is 11.0 Å². The molecular formula is C13H9N5O4. The highest BCUT2D eigenvalue weighted by Gasteiger charge is 2.16. The molecule has 2 rings (SSSR count). The summed E-state index contributed by atoms with van der Waals surface area (Å²) in [5.74, 6) is 0.466. The Labute approximate surface area is 124 Å². The second kappa shape index (κ2) is 6.19. The molecule has 1 aromatic carbocycles. The first-order valence-electron chi connectivity index (χ1n) is 5.88. The third-order valence-corrected chi connectivity index (χ3v) is 2.51. The van der Waals surface area contributed by atoms with Gasteiger partial charge in [-0.15, -0.1) is 0 Å². The first-order chi connectivity index (χ1) is 10.5. The average Bonchev–Trinajstić information content (AvgIpc) is 2.48. The van der Waals surface area contributed by atoms with Gasteiger partial charge in [0.1, 0.15) is 28.9 Å². The Kier molecular flexibility index (Phi) is 4.14. The van der Waals surface area contributed by atoms with E-state index in [0.29, 0.717) is 5.75 Å². The van der Waals surface area contributed by atoms with E-state index in [-0.39, 0.29) is 22.8 Å².